The third-order valence-corrected chi connectivity index (χ3v) is 11.7. The van der Waals surface area contributed by atoms with Crippen molar-refractivity contribution in [3.63, 3.8) is 0 Å². The number of esters is 2. The number of phosphoric acid groups is 2. The number of ether oxygens (including phenoxy) is 2. The molecule has 0 aliphatic heterocycles. The van der Waals surface area contributed by atoms with E-state index in [-0.39, 0.29) is 18.9 Å². The maximum Gasteiger partial charge on any atom is 0.472 e. The third kappa shape index (κ3) is 46.6. The molecule has 16 heteroatoms. The highest BCUT2D eigenvalue weighted by molar-refractivity contribution is 7.47. The Balaban J connectivity index is 4.52. The summed E-state index contributed by atoms with van der Waals surface area (Å²) < 4.78 is 47.8. The van der Waals surface area contributed by atoms with Gasteiger partial charge in [-0.05, 0) is 63.7 Å². The Labute approximate surface area is 386 Å². The van der Waals surface area contributed by atoms with Gasteiger partial charge in [-0.3, -0.25) is 23.2 Å². The number of rotatable bonds is 45. The zero-order chi connectivity index (χ0) is 47.6. The summed E-state index contributed by atoms with van der Waals surface area (Å²) in [4.78, 5) is 52.8. The first-order chi connectivity index (χ1) is 30.6. The molecule has 1 unspecified atom stereocenters. The highest BCUT2D eigenvalue weighted by atomic mass is 31.2. The van der Waals surface area contributed by atoms with Gasteiger partial charge in [0.05, 0.1) is 25.9 Å². The summed E-state index contributed by atoms with van der Waals surface area (Å²) in [6.45, 7) is 3.77. The number of hydrogen-bond acceptors (Lipinski definition) is 11. The van der Waals surface area contributed by atoms with E-state index in [2.05, 4.69) is 54.8 Å². The molecule has 0 fully saturated rings. The summed E-state index contributed by atoms with van der Waals surface area (Å²) in [5.41, 5.74) is 0. The first kappa shape index (κ1) is 62.0. The number of aliphatic hydroxyl groups excluding tert-OH is 2. The third-order valence-electron chi connectivity index (χ3n) is 10.3. The number of aliphatic hydroxyl groups is 2. The second kappa shape index (κ2) is 42.4. The average molecular weight is 951 g/mol. The quantitative estimate of drug-likeness (QED) is 0.0166. The van der Waals surface area contributed by atoms with E-state index in [0.29, 0.717) is 19.3 Å². The van der Waals surface area contributed by atoms with Gasteiger partial charge in [0.2, 0.25) is 0 Å². The van der Waals surface area contributed by atoms with Gasteiger partial charge >= 0.3 is 27.6 Å². The van der Waals surface area contributed by atoms with Crippen molar-refractivity contribution in [2.24, 2.45) is 5.92 Å². The molecule has 0 amide bonds. The van der Waals surface area contributed by atoms with E-state index in [4.69, 9.17) is 28.3 Å². The number of hydrogen-bond donors (Lipinski definition) is 5. The monoisotopic (exact) mass is 951 g/mol. The Kier molecular flexibility index (Phi) is 41.1. The maximum absolute atomic E-state index is 12.7. The van der Waals surface area contributed by atoms with Gasteiger partial charge in [0.25, 0.3) is 0 Å². The highest BCUT2D eigenvalue weighted by Crippen LogP contribution is 2.43. The van der Waals surface area contributed by atoms with Crippen LogP contribution in [0.5, 0.6) is 0 Å². The van der Waals surface area contributed by atoms with Crippen molar-refractivity contribution in [1.82, 2.24) is 0 Å². The first-order valence-electron chi connectivity index (χ1n) is 24.3. The average Bonchev–Trinajstić information content (AvgIpc) is 3.24. The second-order valence-electron chi connectivity index (χ2n) is 17.0. The molecule has 0 aliphatic rings. The van der Waals surface area contributed by atoms with Gasteiger partial charge < -0.3 is 34.4 Å². The van der Waals surface area contributed by atoms with Crippen molar-refractivity contribution in [1.29, 1.82) is 0 Å². The Hall–Kier alpha value is -1.96. The summed E-state index contributed by atoms with van der Waals surface area (Å²) in [7, 11) is -9.70. The molecule has 0 radical (unpaired) electrons. The second-order valence-corrected chi connectivity index (χ2v) is 19.7. The minimum absolute atomic E-state index is 0.106. The lowest BCUT2D eigenvalue weighted by atomic mass is 10.0. The lowest BCUT2D eigenvalue weighted by molar-refractivity contribution is -0.161. The lowest BCUT2D eigenvalue weighted by Gasteiger charge is -2.20. The first-order valence-corrected chi connectivity index (χ1v) is 27.3. The molecule has 0 aromatic rings. The fourth-order valence-electron chi connectivity index (χ4n) is 6.45. The van der Waals surface area contributed by atoms with Crippen LogP contribution in [0.4, 0.5) is 0 Å². The van der Waals surface area contributed by atoms with Crippen LogP contribution in [0, 0.1) is 5.92 Å². The molecular formula is C48H88O14P2. The lowest BCUT2D eigenvalue weighted by Crippen LogP contribution is -2.30. The van der Waals surface area contributed by atoms with Crippen LogP contribution in [0.3, 0.4) is 0 Å². The van der Waals surface area contributed by atoms with Crippen molar-refractivity contribution in [3.05, 3.63) is 48.6 Å². The summed E-state index contributed by atoms with van der Waals surface area (Å²) >= 11 is 0. The largest absolute Gasteiger partial charge is 0.472 e. The topological polar surface area (TPSA) is 216 Å². The van der Waals surface area contributed by atoms with Gasteiger partial charge in [-0.15, -0.1) is 0 Å². The molecule has 0 heterocycles. The van der Waals surface area contributed by atoms with Crippen LogP contribution >= 0.6 is 15.6 Å². The van der Waals surface area contributed by atoms with Crippen LogP contribution in [0.25, 0.3) is 0 Å². The van der Waals surface area contributed by atoms with Crippen molar-refractivity contribution >= 4 is 27.6 Å². The molecule has 64 heavy (non-hydrogen) atoms. The van der Waals surface area contributed by atoms with Gasteiger partial charge in [0, 0.05) is 12.8 Å². The molecule has 0 saturated carbocycles. The molecule has 0 bridgehead atoms. The van der Waals surface area contributed by atoms with Crippen molar-refractivity contribution in [2.45, 2.75) is 212 Å². The number of allylic oxidation sites excluding steroid dienone is 8. The van der Waals surface area contributed by atoms with E-state index in [1.807, 2.05) is 19.1 Å². The molecule has 0 aromatic carbocycles. The van der Waals surface area contributed by atoms with Crippen molar-refractivity contribution in [2.75, 3.05) is 26.4 Å². The van der Waals surface area contributed by atoms with E-state index in [1.54, 1.807) is 0 Å². The van der Waals surface area contributed by atoms with E-state index in [1.165, 1.54) is 83.5 Å². The van der Waals surface area contributed by atoms with Crippen LogP contribution in [0.1, 0.15) is 194 Å². The molecule has 5 N–H and O–H groups in total. The summed E-state index contributed by atoms with van der Waals surface area (Å²) in [5, 5.41) is 19.3. The fourth-order valence-corrected chi connectivity index (χ4v) is 7.60. The smallest absolute Gasteiger partial charge is 0.462 e. The van der Waals surface area contributed by atoms with Crippen LogP contribution in [-0.4, -0.2) is 81.6 Å². The SMILES string of the molecule is CC[C@H](O)CC/C=C\C/C=C\C/C=C\C/C=C\CCCC(=O)OC[C@H](COP(=O)(O)OC[C@@H](O)COP(=O)(O)O)OC(=O)CCCCCCCCCCCCCCCCCCC(C)C. The Morgan fingerprint density at radius 3 is 1.44 bits per heavy atom. The summed E-state index contributed by atoms with van der Waals surface area (Å²) in [6, 6.07) is 0. The fraction of sp³-hybridized carbons (Fsp3) is 0.792. The van der Waals surface area contributed by atoms with E-state index < -0.39 is 66.2 Å². The van der Waals surface area contributed by atoms with Gasteiger partial charge in [0.15, 0.2) is 6.10 Å². The standard InChI is InChI=1S/C48H88O14P2/c1-4-44(49)36-32-28-24-20-16-12-9-10-13-17-21-25-29-33-37-47(51)58-41-46(42-61-64(56,57)60-40-45(50)39-59-63(53,54)55)62-48(52)38-34-30-26-22-18-14-8-6-5-7-11-15-19-23-27-31-35-43(2)3/h10,12-13,16,21,24-25,28,43-46,49-50H,4-9,11,14-15,17-20,22-23,26-27,29-42H2,1-3H3,(H,56,57)(H2,53,54,55)/b13-10-,16-12-,25-21-,28-24-/t44-,45-,46+/m0/s1. The zero-order valence-electron chi connectivity index (χ0n) is 39.7. The van der Waals surface area contributed by atoms with Crippen LogP contribution in [0.2, 0.25) is 0 Å². The molecule has 0 aromatic heterocycles. The van der Waals surface area contributed by atoms with Gasteiger partial charge in [-0.25, -0.2) is 9.13 Å². The molecule has 0 rings (SSSR count). The molecule has 4 atom stereocenters. The number of carbonyl (C=O) groups is 2. The van der Waals surface area contributed by atoms with Crippen molar-refractivity contribution in [3.8, 4) is 0 Å². The summed E-state index contributed by atoms with van der Waals surface area (Å²) in [6.07, 6.45) is 40.5. The Morgan fingerprint density at radius 1 is 0.500 bits per heavy atom. The summed E-state index contributed by atoms with van der Waals surface area (Å²) in [5.74, 6) is -0.293. The Bertz CT molecular complexity index is 1350. The Morgan fingerprint density at radius 2 is 0.938 bits per heavy atom. The van der Waals surface area contributed by atoms with E-state index >= 15 is 0 Å². The molecule has 374 valence electrons. The molecule has 0 saturated heterocycles. The molecule has 0 aliphatic carbocycles. The van der Waals surface area contributed by atoms with E-state index in [9.17, 15) is 33.8 Å². The van der Waals surface area contributed by atoms with Crippen molar-refractivity contribution < 1.29 is 66.7 Å². The van der Waals surface area contributed by atoms with Gasteiger partial charge in [-0.2, -0.15) is 0 Å². The molecule has 0 spiro atoms. The van der Waals surface area contributed by atoms with E-state index in [0.717, 1.165) is 63.7 Å². The molecule has 14 nitrogen and oxygen atoms in total. The van der Waals surface area contributed by atoms with Crippen LogP contribution in [-0.2, 0) is 41.8 Å². The minimum Gasteiger partial charge on any atom is -0.462 e. The van der Waals surface area contributed by atoms with Crippen LogP contribution < -0.4 is 0 Å². The molecular weight excluding hydrogens is 862 g/mol. The number of carbonyl (C=O) groups excluding carboxylic acids is 2. The zero-order valence-corrected chi connectivity index (χ0v) is 41.4. The van der Waals surface area contributed by atoms with Gasteiger partial charge in [-0.1, -0.05) is 172 Å². The number of unbranched alkanes of at least 4 members (excludes halogenated alkanes) is 16. The number of phosphoric ester groups is 2. The predicted molar refractivity (Wildman–Crippen MR) is 254 cm³/mol. The van der Waals surface area contributed by atoms with Gasteiger partial charge in [0.1, 0.15) is 12.7 Å². The van der Waals surface area contributed by atoms with Crippen LogP contribution in [0.15, 0.2) is 48.6 Å². The highest BCUT2D eigenvalue weighted by Gasteiger charge is 2.28. The predicted octanol–water partition coefficient (Wildman–Crippen LogP) is 11.8. The minimum atomic E-state index is -4.87. The maximum atomic E-state index is 12.7. The normalized spacial score (nSPS) is 14.9.